The number of hydrogen-bond donors (Lipinski definition) is 1. The van der Waals surface area contributed by atoms with Crippen molar-refractivity contribution in [2.45, 2.75) is 26.3 Å². The fourth-order valence-electron chi connectivity index (χ4n) is 1.35. The monoisotopic (exact) mass is 185 g/mol. The number of amides is 1. The zero-order valence-electron chi connectivity index (χ0n) is 8.66. The molecule has 0 heterocycles. The molecule has 0 aromatic carbocycles. The van der Waals surface area contributed by atoms with Crippen LogP contribution in [0.3, 0.4) is 0 Å². The van der Waals surface area contributed by atoms with Crippen LogP contribution in [-0.2, 0) is 4.79 Å². The lowest BCUT2D eigenvalue weighted by Crippen LogP contribution is -2.39. The Balaban J connectivity index is 4.28. The molecule has 2 N–H and O–H groups in total. The molecule has 76 valence electrons. The SMILES string of the molecule is CCN(CC)C(C=NC)CC(N)=O. The van der Waals surface area contributed by atoms with Crippen LogP contribution in [0.2, 0.25) is 0 Å². The molecular formula is C9H19N3O. The second-order valence-electron chi connectivity index (χ2n) is 2.87. The van der Waals surface area contributed by atoms with E-state index in [0.29, 0.717) is 6.42 Å². The second-order valence-corrected chi connectivity index (χ2v) is 2.87. The number of hydrogen-bond acceptors (Lipinski definition) is 3. The molecular weight excluding hydrogens is 166 g/mol. The smallest absolute Gasteiger partial charge is 0.219 e. The van der Waals surface area contributed by atoms with E-state index in [9.17, 15) is 4.79 Å². The molecule has 0 spiro atoms. The van der Waals surface area contributed by atoms with Crippen LogP contribution in [0.5, 0.6) is 0 Å². The maximum Gasteiger partial charge on any atom is 0.219 e. The van der Waals surface area contributed by atoms with E-state index in [1.165, 1.54) is 0 Å². The zero-order chi connectivity index (χ0) is 10.3. The van der Waals surface area contributed by atoms with Crippen LogP contribution in [0.4, 0.5) is 0 Å². The molecule has 0 aromatic heterocycles. The number of primary amides is 1. The summed E-state index contributed by atoms with van der Waals surface area (Å²) in [5.74, 6) is -0.281. The molecule has 0 aliphatic rings. The maximum atomic E-state index is 10.8. The van der Waals surface area contributed by atoms with Gasteiger partial charge in [0.05, 0.1) is 6.04 Å². The van der Waals surface area contributed by atoms with Crippen LogP contribution >= 0.6 is 0 Å². The van der Waals surface area contributed by atoms with Crippen molar-refractivity contribution >= 4 is 12.1 Å². The average molecular weight is 185 g/mol. The fraction of sp³-hybridized carbons (Fsp3) is 0.778. The first-order valence-corrected chi connectivity index (χ1v) is 4.60. The Morgan fingerprint density at radius 2 is 2.08 bits per heavy atom. The average Bonchev–Trinajstić information content (AvgIpc) is 2.05. The predicted molar refractivity (Wildman–Crippen MR) is 54.9 cm³/mol. The Bertz CT molecular complexity index is 176. The van der Waals surface area contributed by atoms with Crippen LogP contribution in [0.1, 0.15) is 20.3 Å². The molecule has 0 aromatic rings. The highest BCUT2D eigenvalue weighted by molar-refractivity contribution is 5.79. The number of aliphatic imine (C=N–C) groups is 1. The maximum absolute atomic E-state index is 10.8. The van der Waals surface area contributed by atoms with Crippen molar-refractivity contribution in [3.8, 4) is 0 Å². The molecule has 4 nitrogen and oxygen atoms in total. The topological polar surface area (TPSA) is 58.7 Å². The Hall–Kier alpha value is -0.900. The number of rotatable bonds is 6. The standard InChI is InChI=1S/C9H19N3O/c1-4-12(5-2)8(7-11-3)6-9(10)13/h7-8H,4-6H2,1-3H3,(H2,10,13). The third-order valence-electron chi connectivity index (χ3n) is 2.01. The van der Waals surface area contributed by atoms with Crippen molar-refractivity contribution < 1.29 is 4.79 Å². The summed E-state index contributed by atoms with van der Waals surface area (Å²) >= 11 is 0. The highest BCUT2D eigenvalue weighted by atomic mass is 16.1. The lowest BCUT2D eigenvalue weighted by Gasteiger charge is -2.25. The third kappa shape index (κ3) is 4.62. The summed E-state index contributed by atoms with van der Waals surface area (Å²) in [5.41, 5.74) is 5.14. The Labute approximate surface area is 79.8 Å². The molecule has 0 bridgehead atoms. The van der Waals surface area contributed by atoms with Gasteiger partial charge in [-0.1, -0.05) is 13.8 Å². The molecule has 4 heteroatoms. The molecule has 0 radical (unpaired) electrons. The quantitative estimate of drug-likeness (QED) is 0.604. The van der Waals surface area contributed by atoms with E-state index in [1.807, 2.05) is 0 Å². The van der Waals surface area contributed by atoms with Crippen LogP contribution in [0.25, 0.3) is 0 Å². The van der Waals surface area contributed by atoms with Gasteiger partial charge in [0.1, 0.15) is 0 Å². The summed E-state index contributed by atoms with van der Waals surface area (Å²) in [5, 5.41) is 0. The molecule has 0 saturated carbocycles. The molecule has 1 atom stereocenters. The van der Waals surface area contributed by atoms with Crippen molar-refractivity contribution in [1.29, 1.82) is 0 Å². The molecule has 0 rings (SSSR count). The summed E-state index contributed by atoms with van der Waals surface area (Å²) in [7, 11) is 1.71. The minimum absolute atomic E-state index is 0.0532. The van der Waals surface area contributed by atoms with Gasteiger partial charge in [0.2, 0.25) is 5.91 Å². The van der Waals surface area contributed by atoms with Gasteiger partial charge in [0.15, 0.2) is 0 Å². The van der Waals surface area contributed by atoms with Crippen LogP contribution < -0.4 is 5.73 Å². The lowest BCUT2D eigenvalue weighted by molar-refractivity contribution is -0.118. The molecule has 1 unspecified atom stereocenters. The van der Waals surface area contributed by atoms with Gasteiger partial charge in [0, 0.05) is 19.7 Å². The van der Waals surface area contributed by atoms with Crippen LogP contribution in [0, 0.1) is 0 Å². The first-order valence-electron chi connectivity index (χ1n) is 4.60. The summed E-state index contributed by atoms with van der Waals surface area (Å²) < 4.78 is 0. The Morgan fingerprint density at radius 1 is 1.54 bits per heavy atom. The minimum Gasteiger partial charge on any atom is -0.370 e. The first kappa shape index (κ1) is 12.1. The largest absolute Gasteiger partial charge is 0.370 e. The van der Waals surface area contributed by atoms with E-state index in [1.54, 1.807) is 13.3 Å². The number of carbonyl (C=O) groups excluding carboxylic acids is 1. The van der Waals surface area contributed by atoms with Gasteiger partial charge < -0.3 is 5.73 Å². The molecule has 13 heavy (non-hydrogen) atoms. The van der Waals surface area contributed by atoms with Crippen molar-refractivity contribution in [1.82, 2.24) is 4.90 Å². The van der Waals surface area contributed by atoms with E-state index < -0.39 is 0 Å². The van der Waals surface area contributed by atoms with Gasteiger partial charge in [-0.25, -0.2) is 0 Å². The molecule has 0 fully saturated rings. The van der Waals surface area contributed by atoms with E-state index in [4.69, 9.17) is 5.73 Å². The fourth-order valence-corrected chi connectivity index (χ4v) is 1.35. The third-order valence-corrected chi connectivity index (χ3v) is 2.01. The molecule has 0 aliphatic heterocycles. The first-order chi connectivity index (χ1) is 6.15. The van der Waals surface area contributed by atoms with E-state index in [0.717, 1.165) is 13.1 Å². The second kappa shape index (κ2) is 6.60. The highest BCUT2D eigenvalue weighted by Crippen LogP contribution is 2.01. The minimum atomic E-state index is -0.281. The van der Waals surface area contributed by atoms with Crippen LogP contribution in [-0.4, -0.2) is 43.2 Å². The number of nitrogens with two attached hydrogens (primary N) is 1. The summed E-state index contributed by atoms with van der Waals surface area (Å²) in [4.78, 5) is 16.8. The van der Waals surface area contributed by atoms with Gasteiger partial charge in [0.25, 0.3) is 0 Å². The Kier molecular flexibility index (Phi) is 6.14. The summed E-state index contributed by atoms with van der Waals surface area (Å²) in [6, 6.07) is 0.0532. The normalized spacial score (nSPS) is 13.8. The number of nitrogens with zero attached hydrogens (tertiary/aromatic N) is 2. The molecule has 1 amide bonds. The van der Waals surface area contributed by atoms with Crippen molar-refractivity contribution in [3.63, 3.8) is 0 Å². The van der Waals surface area contributed by atoms with E-state index >= 15 is 0 Å². The van der Waals surface area contributed by atoms with Crippen molar-refractivity contribution in [3.05, 3.63) is 0 Å². The van der Waals surface area contributed by atoms with Crippen molar-refractivity contribution in [2.24, 2.45) is 10.7 Å². The van der Waals surface area contributed by atoms with Gasteiger partial charge >= 0.3 is 0 Å². The highest BCUT2D eigenvalue weighted by Gasteiger charge is 2.15. The van der Waals surface area contributed by atoms with Gasteiger partial charge in [-0.15, -0.1) is 0 Å². The van der Waals surface area contributed by atoms with E-state index in [-0.39, 0.29) is 11.9 Å². The predicted octanol–water partition coefficient (Wildman–Crippen LogP) is 0.273. The van der Waals surface area contributed by atoms with Crippen LogP contribution in [0.15, 0.2) is 4.99 Å². The summed E-state index contributed by atoms with van der Waals surface area (Å²) in [6.45, 7) is 5.92. The van der Waals surface area contributed by atoms with Gasteiger partial charge in [-0.05, 0) is 13.1 Å². The van der Waals surface area contributed by atoms with Gasteiger partial charge in [-0.2, -0.15) is 0 Å². The lowest BCUT2D eigenvalue weighted by atomic mass is 10.2. The van der Waals surface area contributed by atoms with E-state index in [2.05, 4.69) is 23.7 Å². The van der Waals surface area contributed by atoms with Gasteiger partial charge in [-0.3, -0.25) is 14.7 Å². The Morgan fingerprint density at radius 3 is 2.38 bits per heavy atom. The number of carbonyl (C=O) groups is 1. The molecule has 0 aliphatic carbocycles. The summed E-state index contributed by atoms with van der Waals surface area (Å²) in [6.07, 6.45) is 2.12. The zero-order valence-corrected chi connectivity index (χ0v) is 8.66. The molecule has 0 saturated heterocycles. The van der Waals surface area contributed by atoms with Crippen molar-refractivity contribution in [2.75, 3.05) is 20.1 Å².